The summed E-state index contributed by atoms with van der Waals surface area (Å²) < 4.78 is 28.1. The molecule has 3 rings (SSSR count). The van der Waals surface area contributed by atoms with Crippen LogP contribution < -0.4 is 4.72 Å². The lowest BCUT2D eigenvalue weighted by Crippen LogP contribution is -2.15. The van der Waals surface area contributed by atoms with Crippen molar-refractivity contribution in [3.63, 3.8) is 0 Å². The summed E-state index contributed by atoms with van der Waals surface area (Å²) in [5.41, 5.74) is 1.83. The van der Waals surface area contributed by atoms with E-state index in [-0.39, 0.29) is 9.92 Å². The van der Waals surface area contributed by atoms with E-state index in [1.807, 2.05) is 37.2 Å². The van der Waals surface area contributed by atoms with Crippen molar-refractivity contribution in [3.8, 4) is 0 Å². The van der Waals surface area contributed by atoms with Crippen LogP contribution in [0.2, 0.25) is 10.0 Å². The van der Waals surface area contributed by atoms with Crippen molar-refractivity contribution < 1.29 is 8.42 Å². The Hall–Kier alpha value is -1.86. The molecule has 0 aliphatic carbocycles. The third kappa shape index (κ3) is 4.10. The number of nitrogens with one attached hydrogen (secondary N) is 1. The highest BCUT2D eigenvalue weighted by atomic mass is 35.5. The van der Waals surface area contributed by atoms with Crippen LogP contribution in [0.3, 0.4) is 0 Å². The van der Waals surface area contributed by atoms with E-state index in [0.717, 1.165) is 11.1 Å². The van der Waals surface area contributed by atoms with Gasteiger partial charge in [-0.3, -0.25) is 4.72 Å². The molecule has 0 saturated heterocycles. The van der Waals surface area contributed by atoms with Gasteiger partial charge in [-0.1, -0.05) is 41.4 Å². The first-order valence-electron chi connectivity index (χ1n) is 7.77. The molecule has 8 heteroatoms. The highest BCUT2D eigenvalue weighted by Gasteiger charge is 2.19. The van der Waals surface area contributed by atoms with Crippen molar-refractivity contribution >= 4 is 49.8 Å². The molecule has 0 atom stereocenters. The Balaban J connectivity index is 2.04. The van der Waals surface area contributed by atoms with Crippen LogP contribution >= 0.6 is 23.2 Å². The third-order valence-electron chi connectivity index (χ3n) is 3.68. The fourth-order valence-electron chi connectivity index (χ4n) is 2.57. The predicted molar refractivity (Wildman–Crippen MR) is 106 cm³/mol. The van der Waals surface area contributed by atoms with Crippen LogP contribution in [-0.2, 0) is 16.6 Å². The van der Waals surface area contributed by atoms with Crippen molar-refractivity contribution in [2.75, 3.05) is 18.8 Å². The van der Waals surface area contributed by atoms with Gasteiger partial charge in [-0.2, -0.15) is 0 Å². The summed E-state index contributed by atoms with van der Waals surface area (Å²) in [6, 6.07) is 13.4. The molecule has 1 aromatic heterocycles. The van der Waals surface area contributed by atoms with Crippen molar-refractivity contribution in [2.24, 2.45) is 0 Å². The molecule has 2 aromatic carbocycles. The summed E-state index contributed by atoms with van der Waals surface area (Å²) >= 11 is 11.9. The quantitative estimate of drug-likeness (QED) is 0.677. The number of halogens is 2. The maximum Gasteiger partial charge on any atom is 0.263 e. The summed E-state index contributed by atoms with van der Waals surface area (Å²) in [7, 11) is 0.0158. The lowest BCUT2D eigenvalue weighted by molar-refractivity contribution is 0.397. The maximum atomic E-state index is 12.8. The zero-order chi connectivity index (χ0) is 18.9. The molecule has 0 fully saturated rings. The first kappa shape index (κ1) is 18.9. The van der Waals surface area contributed by atoms with Crippen molar-refractivity contribution in [1.29, 1.82) is 0 Å². The van der Waals surface area contributed by atoms with E-state index in [9.17, 15) is 8.42 Å². The Morgan fingerprint density at radius 2 is 1.85 bits per heavy atom. The first-order chi connectivity index (χ1) is 12.3. The van der Waals surface area contributed by atoms with Crippen LogP contribution in [-0.4, -0.2) is 32.4 Å². The van der Waals surface area contributed by atoms with E-state index in [2.05, 4.69) is 9.71 Å². The highest BCUT2D eigenvalue weighted by molar-refractivity contribution is 7.92. The van der Waals surface area contributed by atoms with Crippen LogP contribution in [0, 0.1) is 0 Å². The molecule has 0 aliphatic rings. The molecule has 0 bridgehead atoms. The number of sulfonamides is 1. The van der Waals surface area contributed by atoms with Crippen LogP contribution in [0.25, 0.3) is 10.9 Å². The van der Waals surface area contributed by atoms with Gasteiger partial charge < -0.3 is 4.90 Å². The van der Waals surface area contributed by atoms with E-state index >= 15 is 0 Å². The molecular formula is C18H17Cl2N3O2S. The molecule has 0 unspecified atom stereocenters. The molecule has 0 spiro atoms. The average molecular weight is 410 g/mol. The number of pyridine rings is 1. The van der Waals surface area contributed by atoms with Crippen molar-refractivity contribution in [2.45, 2.75) is 11.4 Å². The van der Waals surface area contributed by atoms with Crippen LogP contribution in [0.4, 0.5) is 5.69 Å². The lowest BCUT2D eigenvalue weighted by atomic mass is 10.2. The molecule has 0 amide bonds. The predicted octanol–water partition coefficient (Wildman–Crippen LogP) is 4.40. The zero-order valence-corrected chi connectivity index (χ0v) is 16.5. The minimum Gasteiger partial charge on any atom is -0.304 e. The minimum atomic E-state index is -3.88. The summed E-state index contributed by atoms with van der Waals surface area (Å²) in [5, 5.41) is 1.27. The number of para-hydroxylation sites is 1. The summed E-state index contributed by atoms with van der Waals surface area (Å²) in [6.45, 7) is 0.653. The second-order valence-corrected chi connectivity index (χ2v) is 8.59. The van der Waals surface area contributed by atoms with Gasteiger partial charge in [0.2, 0.25) is 0 Å². The van der Waals surface area contributed by atoms with Gasteiger partial charge in [0.1, 0.15) is 4.90 Å². The number of anilines is 1. The monoisotopic (exact) mass is 409 g/mol. The van der Waals surface area contributed by atoms with E-state index < -0.39 is 10.0 Å². The molecule has 1 N–H and O–H groups in total. The van der Waals surface area contributed by atoms with Gasteiger partial charge in [-0.25, -0.2) is 13.4 Å². The Labute approximate surface area is 162 Å². The lowest BCUT2D eigenvalue weighted by Gasteiger charge is -2.13. The smallest absolute Gasteiger partial charge is 0.263 e. The molecular weight excluding hydrogens is 393 g/mol. The van der Waals surface area contributed by atoms with Crippen molar-refractivity contribution in [1.82, 2.24) is 9.88 Å². The maximum absolute atomic E-state index is 12.8. The molecule has 0 saturated carbocycles. The standard InChI is InChI=1S/C18H17Cl2N3O2S/c1-23(2)11-14-8-6-12-4-3-5-16(18(12)21-14)22-26(24,25)17-9-7-13(19)10-15(17)20/h3-10,22H,11H2,1-2H3. The zero-order valence-electron chi connectivity index (χ0n) is 14.2. The molecule has 136 valence electrons. The number of aromatic nitrogens is 1. The van der Waals surface area contributed by atoms with Crippen LogP contribution in [0.15, 0.2) is 53.4 Å². The van der Waals surface area contributed by atoms with Gasteiger partial charge in [0, 0.05) is 17.0 Å². The fourth-order valence-corrected chi connectivity index (χ4v) is 4.42. The first-order valence-corrected chi connectivity index (χ1v) is 10.0. The van der Waals surface area contributed by atoms with Gasteiger partial charge in [0.25, 0.3) is 10.0 Å². The molecule has 5 nitrogen and oxygen atoms in total. The van der Waals surface area contributed by atoms with Gasteiger partial charge in [0.05, 0.1) is 21.9 Å². The summed E-state index contributed by atoms with van der Waals surface area (Å²) in [4.78, 5) is 6.56. The molecule has 26 heavy (non-hydrogen) atoms. The molecule has 3 aromatic rings. The number of rotatable bonds is 5. The number of hydrogen-bond acceptors (Lipinski definition) is 4. The topological polar surface area (TPSA) is 62.3 Å². The Morgan fingerprint density at radius 1 is 1.08 bits per heavy atom. The second kappa shape index (κ2) is 7.40. The van der Waals surface area contributed by atoms with E-state index in [1.54, 1.807) is 12.1 Å². The third-order valence-corrected chi connectivity index (χ3v) is 5.77. The van der Waals surface area contributed by atoms with E-state index in [1.165, 1.54) is 18.2 Å². The van der Waals surface area contributed by atoms with Crippen LogP contribution in [0.5, 0.6) is 0 Å². The van der Waals surface area contributed by atoms with E-state index in [4.69, 9.17) is 23.2 Å². The van der Waals surface area contributed by atoms with Gasteiger partial charge >= 0.3 is 0 Å². The SMILES string of the molecule is CN(C)Cc1ccc2cccc(NS(=O)(=O)c3ccc(Cl)cc3Cl)c2n1. The molecule has 0 radical (unpaired) electrons. The average Bonchev–Trinajstić information content (AvgIpc) is 2.54. The Kier molecular flexibility index (Phi) is 5.39. The summed E-state index contributed by atoms with van der Waals surface area (Å²) in [5.74, 6) is 0. The van der Waals surface area contributed by atoms with Crippen molar-refractivity contribution in [3.05, 3.63) is 64.3 Å². The molecule has 0 aliphatic heterocycles. The normalized spacial score (nSPS) is 11.9. The summed E-state index contributed by atoms with van der Waals surface area (Å²) in [6.07, 6.45) is 0. The number of nitrogens with zero attached hydrogens (tertiary/aromatic N) is 2. The van der Waals surface area contributed by atoms with E-state index in [0.29, 0.717) is 22.8 Å². The van der Waals surface area contributed by atoms with Gasteiger partial charge in [-0.15, -0.1) is 0 Å². The number of benzene rings is 2. The Bertz CT molecular complexity index is 1070. The van der Waals surface area contributed by atoms with Gasteiger partial charge in [-0.05, 0) is 44.4 Å². The van der Waals surface area contributed by atoms with Crippen LogP contribution in [0.1, 0.15) is 5.69 Å². The number of hydrogen-bond donors (Lipinski definition) is 1. The largest absolute Gasteiger partial charge is 0.304 e. The minimum absolute atomic E-state index is 0.0370. The Morgan fingerprint density at radius 3 is 2.54 bits per heavy atom. The molecule has 1 heterocycles. The van der Waals surface area contributed by atoms with Gasteiger partial charge in [0.15, 0.2) is 0 Å². The fraction of sp³-hybridized carbons (Fsp3) is 0.167. The highest BCUT2D eigenvalue weighted by Crippen LogP contribution is 2.29. The second-order valence-electron chi connectivity index (χ2n) is 6.10. The number of fused-ring (bicyclic) bond motifs is 1.